The summed E-state index contributed by atoms with van der Waals surface area (Å²) in [5.41, 5.74) is 2.37. The number of hydrogen-bond donors (Lipinski definition) is 1. The van der Waals surface area contributed by atoms with Crippen LogP contribution in [-0.4, -0.2) is 23.7 Å². The highest BCUT2D eigenvalue weighted by Gasteiger charge is 2.38. The van der Waals surface area contributed by atoms with Crippen LogP contribution in [-0.2, 0) is 4.79 Å². The highest BCUT2D eigenvalue weighted by atomic mass is 16.4. The van der Waals surface area contributed by atoms with E-state index in [1.54, 1.807) is 6.07 Å². The molecule has 102 valence electrons. The lowest BCUT2D eigenvalue weighted by atomic mass is 10.0. The molecule has 4 nitrogen and oxygen atoms in total. The lowest BCUT2D eigenvalue weighted by molar-refractivity contribution is -0.131. The second-order valence-corrected chi connectivity index (χ2v) is 5.55. The van der Waals surface area contributed by atoms with Crippen molar-refractivity contribution in [1.29, 1.82) is 5.26 Å². The third kappa shape index (κ3) is 2.27. The molecule has 0 aromatic heterocycles. The van der Waals surface area contributed by atoms with Crippen LogP contribution in [0.3, 0.4) is 0 Å². The van der Waals surface area contributed by atoms with Crippen LogP contribution in [0.1, 0.15) is 30.4 Å². The topological polar surface area (TPSA) is 64.3 Å². The number of rotatable bonds is 3. The number of benzene rings is 1. The van der Waals surface area contributed by atoms with E-state index < -0.39 is 5.97 Å². The molecule has 0 spiro atoms. The van der Waals surface area contributed by atoms with E-state index >= 15 is 0 Å². The lowest BCUT2D eigenvalue weighted by Crippen LogP contribution is -2.32. The van der Waals surface area contributed by atoms with E-state index in [9.17, 15) is 10.1 Å². The zero-order valence-corrected chi connectivity index (χ0v) is 11.1. The van der Waals surface area contributed by atoms with E-state index in [0.717, 1.165) is 29.8 Å². The average molecular weight is 268 g/mol. The van der Waals surface area contributed by atoms with E-state index in [1.807, 2.05) is 12.1 Å². The lowest BCUT2D eigenvalue weighted by Gasteiger charge is -2.30. The van der Waals surface area contributed by atoms with Gasteiger partial charge in [0, 0.05) is 18.7 Å². The molecule has 1 aromatic rings. The molecule has 2 atom stereocenters. The molecular formula is C16H16N2O2. The first-order valence-corrected chi connectivity index (χ1v) is 6.89. The fraction of sp³-hybridized carbons (Fsp3) is 0.375. The van der Waals surface area contributed by atoms with Crippen LogP contribution in [0.25, 0.3) is 6.08 Å². The minimum Gasteiger partial charge on any atom is -0.478 e. The Morgan fingerprint density at radius 1 is 1.45 bits per heavy atom. The third-order valence-electron chi connectivity index (χ3n) is 4.28. The van der Waals surface area contributed by atoms with Crippen molar-refractivity contribution in [1.82, 2.24) is 0 Å². The van der Waals surface area contributed by atoms with Gasteiger partial charge < -0.3 is 10.0 Å². The Kier molecular flexibility index (Phi) is 3.19. The minimum absolute atomic E-state index is 0.576. The zero-order chi connectivity index (χ0) is 14.1. The summed E-state index contributed by atoms with van der Waals surface area (Å²) in [6.07, 6.45) is 6.38. The van der Waals surface area contributed by atoms with Gasteiger partial charge in [-0.3, -0.25) is 0 Å². The third-order valence-corrected chi connectivity index (χ3v) is 4.28. The maximum absolute atomic E-state index is 10.5. The van der Waals surface area contributed by atoms with E-state index in [-0.39, 0.29) is 0 Å². The van der Waals surface area contributed by atoms with Gasteiger partial charge in [-0.2, -0.15) is 5.26 Å². The van der Waals surface area contributed by atoms with Crippen LogP contribution in [0, 0.1) is 17.2 Å². The Balaban J connectivity index is 1.89. The molecule has 1 heterocycles. The number of aliphatic carboxylic acids is 1. The Bertz CT molecular complexity index is 615. The minimum atomic E-state index is -0.982. The fourth-order valence-corrected chi connectivity index (χ4v) is 3.38. The van der Waals surface area contributed by atoms with Crippen molar-refractivity contribution >= 4 is 17.7 Å². The van der Waals surface area contributed by atoms with E-state index in [2.05, 4.69) is 11.0 Å². The summed E-state index contributed by atoms with van der Waals surface area (Å²) in [4.78, 5) is 12.9. The van der Waals surface area contributed by atoms with Crippen LogP contribution in [0.2, 0.25) is 0 Å². The Morgan fingerprint density at radius 2 is 2.30 bits per heavy atom. The molecule has 1 aromatic carbocycles. The molecule has 1 saturated heterocycles. The summed E-state index contributed by atoms with van der Waals surface area (Å²) in [7, 11) is 0. The summed E-state index contributed by atoms with van der Waals surface area (Å²) in [5, 5.41) is 18.0. The molecular weight excluding hydrogens is 252 g/mol. The molecule has 4 heteroatoms. The first kappa shape index (κ1) is 12.7. The number of fused-ring (bicyclic) bond motifs is 2. The van der Waals surface area contributed by atoms with Gasteiger partial charge in [0.15, 0.2) is 0 Å². The second kappa shape index (κ2) is 5.01. The number of piperidine rings is 1. The molecule has 3 rings (SSSR count). The molecule has 20 heavy (non-hydrogen) atoms. The van der Waals surface area contributed by atoms with Gasteiger partial charge in [0.25, 0.3) is 0 Å². The van der Waals surface area contributed by atoms with Crippen LogP contribution in [0.4, 0.5) is 5.69 Å². The maximum Gasteiger partial charge on any atom is 0.328 e. The van der Waals surface area contributed by atoms with Gasteiger partial charge in [0.2, 0.25) is 0 Å². The Labute approximate surface area is 117 Å². The van der Waals surface area contributed by atoms with Gasteiger partial charge >= 0.3 is 5.97 Å². The number of carbonyl (C=O) groups is 1. The first-order chi connectivity index (χ1) is 9.67. The largest absolute Gasteiger partial charge is 0.478 e. The number of carboxylic acid groups (broad SMARTS) is 1. The predicted octanol–water partition coefficient (Wildman–Crippen LogP) is 2.64. The van der Waals surface area contributed by atoms with Crippen molar-refractivity contribution in [2.45, 2.75) is 25.3 Å². The maximum atomic E-state index is 10.5. The van der Waals surface area contributed by atoms with Crippen molar-refractivity contribution in [3.8, 4) is 6.07 Å². The van der Waals surface area contributed by atoms with Gasteiger partial charge in [-0.25, -0.2) is 4.79 Å². The number of anilines is 1. The molecule has 1 saturated carbocycles. The summed E-state index contributed by atoms with van der Waals surface area (Å²) in [6, 6.07) is 8.40. The van der Waals surface area contributed by atoms with Crippen molar-refractivity contribution in [3.05, 3.63) is 35.4 Å². The quantitative estimate of drug-likeness (QED) is 0.856. The van der Waals surface area contributed by atoms with E-state index in [1.165, 1.54) is 25.3 Å². The second-order valence-electron chi connectivity index (χ2n) is 5.55. The Hall–Kier alpha value is -2.28. The normalized spacial score (nSPS) is 24.2. The predicted molar refractivity (Wildman–Crippen MR) is 76.3 cm³/mol. The summed E-state index contributed by atoms with van der Waals surface area (Å²) < 4.78 is 0. The smallest absolute Gasteiger partial charge is 0.328 e. The van der Waals surface area contributed by atoms with Gasteiger partial charge in [0.05, 0.1) is 11.3 Å². The van der Waals surface area contributed by atoms with Gasteiger partial charge in [-0.15, -0.1) is 0 Å². The van der Waals surface area contributed by atoms with Crippen molar-refractivity contribution in [2.75, 3.05) is 11.4 Å². The average Bonchev–Trinajstić information content (AvgIpc) is 3.07. The monoisotopic (exact) mass is 268 g/mol. The molecule has 2 unspecified atom stereocenters. The number of carboxylic acids is 1. The van der Waals surface area contributed by atoms with Crippen LogP contribution in [0.5, 0.6) is 0 Å². The summed E-state index contributed by atoms with van der Waals surface area (Å²) in [6.45, 7) is 1.05. The molecule has 2 fully saturated rings. The standard InChI is InChI=1S/C16H16N2O2/c17-9-13-7-11(3-6-16(19)20)2-5-15(13)18-10-12-1-4-14(18)8-12/h2-3,5-7,12,14H,1,4,8,10H2,(H,19,20)/b6-3+. The molecule has 1 aliphatic heterocycles. The molecule has 1 N–H and O–H groups in total. The highest BCUT2D eigenvalue weighted by Crippen LogP contribution is 2.41. The van der Waals surface area contributed by atoms with Crippen molar-refractivity contribution in [2.24, 2.45) is 5.92 Å². The fourth-order valence-electron chi connectivity index (χ4n) is 3.38. The summed E-state index contributed by atoms with van der Waals surface area (Å²) >= 11 is 0. The Morgan fingerprint density at radius 3 is 2.90 bits per heavy atom. The number of nitrogens with zero attached hydrogens (tertiary/aromatic N) is 2. The van der Waals surface area contributed by atoms with Crippen LogP contribution in [0.15, 0.2) is 24.3 Å². The van der Waals surface area contributed by atoms with Gasteiger partial charge in [-0.1, -0.05) is 6.07 Å². The SMILES string of the molecule is N#Cc1cc(/C=C/C(=O)O)ccc1N1CC2CCC1C2. The van der Waals surface area contributed by atoms with E-state index in [0.29, 0.717) is 11.6 Å². The molecule has 2 aliphatic rings. The van der Waals surface area contributed by atoms with Gasteiger partial charge in [0.1, 0.15) is 6.07 Å². The van der Waals surface area contributed by atoms with Crippen LogP contribution >= 0.6 is 0 Å². The number of hydrogen-bond acceptors (Lipinski definition) is 3. The van der Waals surface area contributed by atoms with E-state index in [4.69, 9.17) is 5.11 Å². The molecule has 0 amide bonds. The number of nitriles is 1. The van der Waals surface area contributed by atoms with Crippen molar-refractivity contribution in [3.63, 3.8) is 0 Å². The van der Waals surface area contributed by atoms with Crippen molar-refractivity contribution < 1.29 is 9.90 Å². The summed E-state index contributed by atoms with van der Waals surface area (Å²) in [5.74, 6) is -0.206. The molecule has 0 radical (unpaired) electrons. The molecule has 1 aliphatic carbocycles. The van der Waals surface area contributed by atoms with Crippen LogP contribution < -0.4 is 4.90 Å². The first-order valence-electron chi connectivity index (χ1n) is 6.89. The zero-order valence-electron chi connectivity index (χ0n) is 11.1. The molecule has 2 bridgehead atoms. The van der Waals surface area contributed by atoms with Gasteiger partial charge in [-0.05, 0) is 49.0 Å². The highest BCUT2D eigenvalue weighted by molar-refractivity contribution is 5.85.